The number of hydrogen-bond donors (Lipinski definition) is 3. The quantitative estimate of drug-likeness (QED) is 0.697. The third-order valence-electron chi connectivity index (χ3n) is 3.54. The van der Waals surface area contributed by atoms with Crippen LogP contribution < -0.4 is 11.4 Å². The molecular weight excluding hydrogens is 290 g/mol. The minimum Gasteiger partial charge on any atom is -0.387 e. The van der Waals surface area contributed by atoms with Gasteiger partial charge in [0.15, 0.2) is 6.23 Å². The Bertz CT molecular complexity index is 593. The van der Waals surface area contributed by atoms with Crippen molar-refractivity contribution < 1.29 is 19.7 Å². The van der Waals surface area contributed by atoms with Gasteiger partial charge in [0.1, 0.15) is 23.6 Å². The van der Waals surface area contributed by atoms with Crippen LogP contribution >= 0.6 is 0 Å². The highest BCUT2D eigenvalue weighted by Gasteiger charge is 2.53. The summed E-state index contributed by atoms with van der Waals surface area (Å²) in [5.74, 6) is 0.0760. The minimum absolute atomic E-state index is 0.0760. The van der Waals surface area contributed by atoms with Gasteiger partial charge in [-0.05, 0) is 33.8 Å². The fraction of sp³-hybridized carbons (Fsp3) is 0.714. The molecule has 1 aromatic heterocycles. The van der Waals surface area contributed by atoms with Crippen molar-refractivity contribution in [2.75, 3.05) is 12.3 Å². The van der Waals surface area contributed by atoms with E-state index in [0.29, 0.717) is 0 Å². The van der Waals surface area contributed by atoms with Crippen LogP contribution in [0, 0.1) is 0 Å². The Hall–Kier alpha value is -1.48. The molecule has 0 amide bonds. The van der Waals surface area contributed by atoms with E-state index in [-0.39, 0.29) is 12.4 Å². The van der Waals surface area contributed by atoms with Gasteiger partial charge in [-0.2, -0.15) is 4.98 Å². The highest BCUT2D eigenvalue weighted by Crippen LogP contribution is 2.37. The molecule has 0 aliphatic carbocycles. The summed E-state index contributed by atoms with van der Waals surface area (Å²) in [6.07, 6.45) is -1.66. The van der Waals surface area contributed by atoms with E-state index >= 15 is 0 Å². The molecule has 0 unspecified atom stereocenters. The molecule has 4 atom stereocenters. The van der Waals surface area contributed by atoms with Crippen molar-refractivity contribution in [2.45, 2.75) is 57.3 Å². The Balaban J connectivity index is 2.24. The maximum absolute atomic E-state index is 11.9. The zero-order chi connectivity index (χ0) is 16.7. The number of nitrogen functional groups attached to an aromatic ring is 1. The van der Waals surface area contributed by atoms with Crippen molar-refractivity contribution >= 4 is 5.82 Å². The second kappa shape index (κ2) is 5.62. The van der Waals surface area contributed by atoms with E-state index in [1.807, 2.05) is 20.8 Å². The van der Waals surface area contributed by atoms with Gasteiger partial charge in [0.2, 0.25) is 0 Å². The molecule has 4 N–H and O–H groups in total. The van der Waals surface area contributed by atoms with Gasteiger partial charge >= 0.3 is 5.69 Å². The number of anilines is 1. The Kier molecular flexibility index (Phi) is 4.31. The molecule has 22 heavy (non-hydrogen) atoms. The van der Waals surface area contributed by atoms with E-state index in [4.69, 9.17) is 15.2 Å². The minimum atomic E-state index is -1.66. The van der Waals surface area contributed by atoms with E-state index < -0.39 is 35.3 Å². The fourth-order valence-corrected chi connectivity index (χ4v) is 2.31. The number of ether oxygens (including phenoxy) is 2. The van der Waals surface area contributed by atoms with Crippen LogP contribution in [-0.2, 0) is 9.47 Å². The lowest BCUT2D eigenvalue weighted by atomic mass is 9.96. The van der Waals surface area contributed by atoms with Crippen LogP contribution in [0.15, 0.2) is 17.1 Å². The third kappa shape index (κ3) is 3.30. The summed E-state index contributed by atoms with van der Waals surface area (Å²) >= 11 is 0. The van der Waals surface area contributed by atoms with Crippen LogP contribution in [0.3, 0.4) is 0 Å². The van der Waals surface area contributed by atoms with Gasteiger partial charge in [0.25, 0.3) is 0 Å². The monoisotopic (exact) mass is 313 g/mol. The normalized spacial score (nSPS) is 32.4. The number of nitrogens with two attached hydrogens (primary N) is 1. The molecule has 0 radical (unpaired) electrons. The summed E-state index contributed by atoms with van der Waals surface area (Å²) in [4.78, 5) is 15.5. The number of aliphatic hydroxyl groups is 2. The van der Waals surface area contributed by atoms with Gasteiger partial charge in [0, 0.05) is 6.20 Å². The van der Waals surface area contributed by atoms with Crippen LogP contribution in [0.5, 0.6) is 0 Å². The summed E-state index contributed by atoms with van der Waals surface area (Å²) in [6, 6.07) is 1.42. The molecule has 1 aliphatic heterocycles. The van der Waals surface area contributed by atoms with Crippen molar-refractivity contribution in [1.29, 1.82) is 0 Å². The first-order valence-electron chi connectivity index (χ1n) is 7.07. The molecule has 0 saturated carbocycles. The predicted molar refractivity (Wildman–Crippen MR) is 79.2 cm³/mol. The Morgan fingerprint density at radius 3 is 2.73 bits per heavy atom. The van der Waals surface area contributed by atoms with Crippen LogP contribution in [0.4, 0.5) is 5.82 Å². The molecule has 1 fully saturated rings. The smallest absolute Gasteiger partial charge is 0.351 e. The summed E-state index contributed by atoms with van der Waals surface area (Å²) in [5.41, 5.74) is 2.72. The van der Waals surface area contributed by atoms with Gasteiger partial charge in [-0.3, -0.25) is 4.57 Å². The Morgan fingerprint density at radius 2 is 2.18 bits per heavy atom. The molecule has 1 saturated heterocycles. The van der Waals surface area contributed by atoms with E-state index in [1.165, 1.54) is 19.2 Å². The first-order valence-corrected chi connectivity index (χ1v) is 7.07. The molecule has 2 rings (SSSR count). The zero-order valence-corrected chi connectivity index (χ0v) is 13.2. The van der Waals surface area contributed by atoms with Crippen LogP contribution in [0.25, 0.3) is 0 Å². The summed E-state index contributed by atoms with van der Waals surface area (Å²) < 4.78 is 12.3. The van der Waals surface area contributed by atoms with Gasteiger partial charge in [0.05, 0.1) is 12.2 Å². The highest BCUT2D eigenvalue weighted by atomic mass is 16.6. The first kappa shape index (κ1) is 16.9. The van der Waals surface area contributed by atoms with E-state index in [0.717, 1.165) is 4.57 Å². The number of aromatic nitrogens is 2. The van der Waals surface area contributed by atoms with Crippen molar-refractivity contribution in [3.05, 3.63) is 22.7 Å². The van der Waals surface area contributed by atoms with Gasteiger partial charge in [-0.15, -0.1) is 0 Å². The largest absolute Gasteiger partial charge is 0.387 e. The lowest BCUT2D eigenvalue weighted by molar-refractivity contribution is -0.109. The Morgan fingerprint density at radius 1 is 1.55 bits per heavy atom. The number of hydrogen-bond acceptors (Lipinski definition) is 7. The molecule has 0 spiro atoms. The highest BCUT2D eigenvalue weighted by molar-refractivity contribution is 5.23. The predicted octanol–water partition coefficient (Wildman–Crippen LogP) is -0.350. The van der Waals surface area contributed by atoms with Crippen molar-refractivity contribution in [1.82, 2.24) is 9.55 Å². The standard InChI is InChI=1S/C14H23N3O5/c1-13(2,3)21-7-8-10(18)14(4,20)11(22-8)17-6-5-9(15)16-12(17)19/h5-6,8,10-11,18,20H,7H2,1-4H3,(H2,15,16,19)/t8-,10-,11-,14-/m1/s1. The van der Waals surface area contributed by atoms with Crippen molar-refractivity contribution in [3.63, 3.8) is 0 Å². The van der Waals surface area contributed by atoms with E-state index in [2.05, 4.69) is 4.98 Å². The molecule has 0 aromatic carbocycles. The topological polar surface area (TPSA) is 120 Å². The van der Waals surface area contributed by atoms with Crippen LogP contribution in [0.1, 0.15) is 33.9 Å². The van der Waals surface area contributed by atoms with Crippen molar-refractivity contribution in [3.8, 4) is 0 Å². The lowest BCUT2D eigenvalue weighted by Gasteiger charge is -2.27. The zero-order valence-electron chi connectivity index (χ0n) is 13.2. The Labute approximate surface area is 128 Å². The molecular formula is C14H23N3O5. The van der Waals surface area contributed by atoms with E-state index in [9.17, 15) is 15.0 Å². The number of rotatable bonds is 3. The maximum atomic E-state index is 11.9. The van der Waals surface area contributed by atoms with Gasteiger partial charge in [-0.1, -0.05) is 0 Å². The summed E-state index contributed by atoms with van der Waals surface area (Å²) in [5, 5.41) is 20.8. The molecule has 1 aliphatic rings. The molecule has 1 aromatic rings. The second-order valence-corrected chi connectivity index (χ2v) is 6.66. The third-order valence-corrected chi connectivity index (χ3v) is 3.54. The van der Waals surface area contributed by atoms with Crippen molar-refractivity contribution in [2.24, 2.45) is 0 Å². The lowest BCUT2D eigenvalue weighted by Crippen LogP contribution is -2.46. The summed E-state index contributed by atoms with van der Waals surface area (Å²) in [6.45, 7) is 7.12. The fourth-order valence-electron chi connectivity index (χ4n) is 2.31. The molecule has 0 bridgehead atoms. The van der Waals surface area contributed by atoms with Gasteiger partial charge < -0.3 is 25.4 Å². The van der Waals surface area contributed by atoms with Gasteiger partial charge in [-0.25, -0.2) is 4.79 Å². The molecule has 124 valence electrons. The molecule has 2 heterocycles. The SMILES string of the molecule is CC(C)(C)OC[C@H]1O[C@@H](n2ccc(N)nc2=O)[C@](C)(O)[C@@H]1O. The first-order chi connectivity index (χ1) is 10.0. The summed E-state index contributed by atoms with van der Waals surface area (Å²) in [7, 11) is 0. The van der Waals surface area contributed by atoms with E-state index in [1.54, 1.807) is 0 Å². The second-order valence-electron chi connectivity index (χ2n) is 6.66. The number of aliphatic hydroxyl groups excluding tert-OH is 1. The average Bonchev–Trinajstić information content (AvgIpc) is 2.59. The van der Waals surface area contributed by atoms with Crippen LogP contribution in [0.2, 0.25) is 0 Å². The molecule has 8 heteroatoms. The van der Waals surface area contributed by atoms with Crippen LogP contribution in [-0.4, -0.2) is 49.8 Å². The number of nitrogens with zero attached hydrogens (tertiary/aromatic N) is 2. The molecule has 8 nitrogen and oxygen atoms in total. The maximum Gasteiger partial charge on any atom is 0.351 e. The average molecular weight is 313 g/mol.